The monoisotopic (exact) mass is 348 g/mol. The zero-order valence-electron chi connectivity index (χ0n) is 15.0. The summed E-state index contributed by atoms with van der Waals surface area (Å²) in [5.74, 6) is 0.0701. The minimum absolute atomic E-state index is 0.0701. The molecular formula is C22H24N2O2. The van der Waals surface area contributed by atoms with Gasteiger partial charge < -0.3 is 15.0 Å². The number of ether oxygens (including phenoxy) is 1. The number of para-hydroxylation sites is 1. The van der Waals surface area contributed by atoms with Gasteiger partial charge in [-0.3, -0.25) is 4.79 Å². The lowest BCUT2D eigenvalue weighted by atomic mass is 10.0. The number of hydrogen-bond donors (Lipinski definition) is 1. The van der Waals surface area contributed by atoms with Crippen LogP contribution in [0.4, 0.5) is 5.69 Å². The van der Waals surface area contributed by atoms with Gasteiger partial charge >= 0.3 is 0 Å². The van der Waals surface area contributed by atoms with Crippen molar-refractivity contribution in [2.45, 2.75) is 32.0 Å². The lowest BCUT2D eigenvalue weighted by Gasteiger charge is -2.39. The van der Waals surface area contributed by atoms with E-state index in [9.17, 15) is 4.79 Å². The van der Waals surface area contributed by atoms with Crippen LogP contribution >= 0.6 is 0 Å². The molecule has 4 heteroatoms. The van der Waals surface area contributed by atoms with E-state index in [2.05, 4.69) is 30.4 Å². The summed E-state index contributed by atoms with van der Waals surface area (Å²) in [4.78, 5) is 15.1. The van der Waals surface area contributed by atoms with Crippen LogP contribution in [0.5, 0.6) is 0 Å². The van der Waals surface area contributed by atoms with E-state index in [1.54, 1.807) is 0 Å². The van der Waals surface area contributed by atoms with Crippen molar-refractivity contribution in [2.75, 3.05) is 18.5 Å². The van der Waals surface area contributed by atoms with E-state index in [0.29, 0.717) is 6.54 Å². The molecule has 2 aromatic rings. The third-order valence-corrected chi connectivity index (χ3v) is 5.07. The van der Waals surface area contributed by atoms with Crippen LogP contribution in [0.3, 0.4) is 0 Å². The molecule has 1 saturated heterocycles. The second-order valence-corrected chi connectivity index (χ2v) is 6.98. The third-order valence-electron chi connectivity index (χ3n) is 5.07. The Labute approximate surface area is 154 Å². The summed E-state index contributed by atoms with van der Waals surface area (Å²) in [5, 5.41) is 3.55. The predicted molar refractivity (Wildman–Crippen MR) is 104 cm³/mol. The van der Waals surface area contributed by atoms with Crippen LogP contribution in [0.25, 0.3) is 6.08 Å². The van der Waals surface area contributed by atoms with Crippen molar-refractivity contribution in [1.82, 2.24) is 4.90 Å². The molecule has 2 unspecified atom stereocenters. The molecule has 134 valence electrons. The number of nitrogens with zero attached hydrogens (tertiary/aromatic N) is 1. The van der Waals surface area contributed by atoms with E-state index >= 15 is 0 Å². The summed E-state index contributed by atoms with van der Waals surface area (Å²) in [7, 11) is 0. The Kier molecular flexibility index (Phi) is 4.76. The molecule has 0 aliphatic carbocycles. The van der Waals surface area contributed by atoms with Crippen molar-refractivity contribution in [3.63, 3.8) is 0 Å². The minimum atomic E-state index is -0.165. The highest BCUT2D eigenvalue weighted by Gasteiger charge is 2.34. The maximum Gasteiger partial charge on any atom is 0.257 e. The molecule has 26 heavy (non-hydrogen) atoms. The largest absolute Gasteiger partial charge is 0.376 e. The second-order valence-electron chi connectivity index (χ2n) is 6.98. The third kappa shape index (κ3) is 3.37. The maximum atomic E-state index is 13.2. The molecule has 0 bridgehead atoms. The van der Waals surface area contributed by atoms with Gasteiger partial charge in [0.1, 0.15) is 6.17 Å². The molecule has 2 aromatic carbocycles. The summed E-state index contributed by atoms with van der Waals surface area (Å²) >= 11 is 0. The lowest BCUT2D eigenvalue weighted by molar-refractivity contribution is 0.0464. The summed E-state index contributed by atoms with van der Waals surface area (Å²) in [6.07, 6.45) is 4.18. The molecule has 4 rings (SSSR count). The van der Waals surface area contributed by atoms with Gasteiger partial charge in [0.05, 0.1) is 11.7 Å². The normalized spacial score (nSPS) is 22.9. The number of carbonyl (C=O) groups excluding carboxylic acids is 1. The zero-order chi connectivity index (χ0) is 17.9. The van der Waals surface area contributed by atoms with Crippen molar-refractivity contribution < 1.29 is 9.53 Å². The first-order chi connectivity index (χ1) is 12.7. The Morgan fingerprint density at radius 1 is 1.19 bits per heavy atom. The number of nitrogens with one attached hydrogen (secondary N) is 1. The van der Waals surface area contributed by atoms with Crippen molar-refractivity contribution in [3.05, 3.63) is 71.3 Å². The van der Waals surface area contributed by atoms with Crippen LogP contribution in [0, 0.1) is 0 Å². The van der Waals surface area contributed by atoms with Crippen LogP contribution < -0.4 is 5.32 Å². The summed E-state index contributed by atoms with van der Waals surface area (Å²) in [6.45, 7) is 3.49. The quantitative estimate of drug-likeness (QED) is 0.902. The number of carbonyl (C=O) groups is 1. The molecule has 0 radical (unpaired) electrons. The Bertz CT molecular complexity index is 810. The SMILES string of the molecule is CC(=Cc1ccccc1)C1Nc2ccccc2C(=O)N1CC1CCCO1. The summed E-state index contributed by atoms with van der Waals surface area (Å²) in [5.41, 5.74) is 3.87. The highest BCUT2D eigenvalue weighted by atomic mass is 16.5. The molecule has 0 saturated carbocycles. The molecule has 2 heterocycles. The lowest BCUT2D eigenvalue weighted by Crippen LogP contribution is -2.52. The predicted octanol–water partition coefficient (Wildman–Crippen LogP) is 4.16. The fraction of sp³-hybridized carbons (Fsp3) is 0.318. The van der Waals surface area contributed by atoms with E-state index in [1.807, 2.05) is 47.4 Å². The van der Waals surface area contributed by atoms with Crippen LogP contribution in [0.15, 0.2) is 60.2 Å². The average molecular weight is 348 g/mol. The van der Waals surface area contributed by atoms with Crippen LogP contribution in [0.1, 0.15) is 35.7 Å². The van der Waals surface area contributed by atoms with Gasteiger partial charge in [-0.05, 0) is 43.0 Å². The van der Waals surface area contributed by atoms with Crippen LogP contribution in [-0.4, -0.2) is 36.2 Å². The van der Waals surface area contributed by atoms with Crippen molar-refractivity contribution >= 4 is 17.7 Å². The van der Waals surface area contributed by atoms with Crippen molar-refractivity contribution in [2.24, 2.45) is 0 Å². The van der Waals surface area contributed by atoms with Gasteiger partial charge in [0.15, 0.2) is 0 Å². The standard InChI is InChI=1S/C22H24N2O2/c1-16(14-17-8-3-2-4-9-17)21-23-20-12-6-5-11-19(20)22(25)24(21)15-18-10-7-13-26-18/h2-6,8-9,11-12,14,18,21,23H,7,10,13,15H2,1H3. The molecule has 1 amide bonds. The number of hydrogen-bond acceptors (Lipinski definition) is 3. The van der Waals surface area contributed by atoms with Crippen LogP contribution in [-0.2, 0) is 4.74 Å². The molecule has 2 atom stereocenters. The van der Waals surface area contributed by atoms with Gasteiger partial charge in [0.25, 0.3) is 5.91 Å². The molecule has 2 aliphatic heterocycles. The topological polar surface area (TPSA) is 41.6 Å². The smallest absolute Gasteiger partial charge is 0.257 e. The van der Waals surface area contributed by atoms with Crippen LogP contribution in [0.2, 0.25) is 0 Å². The highest BCUT2D eigenvalue weighted by molar-refractivity contribution is 6.02. The Balaban J connectivity index is 1.67. The Hall–Kier alpha value is -2.59. The van der Waals surface area contributed by atoms with E-state index < -0.39 is 0 Å². The first kappa shape index (κ1) is 16.9. The second kappa shape index (κ2) is 7.34. The summed E-state index contributed by atoms with van der Waals surface area (Å²) in [6, 6.07) is 17.9. The van der Waals surface area contributed by atoms with E-state index in [1.165, 1.54) is 0 Å². The average Bonchev–Trinajstić information content (AvgIpc) is 3.18. The summed E-state index contributed by atoms with van der Waals surface area (Å²) < 4.78 is 5.80. The van der Waals surface area contributed by atoms with Gasteiger partial charge in [0.2, 0.25) is 0 Å². The van der Waals surface area contributed by atoms with E-state index in [0.717, 1.165) is 41.8 Å². The molecule has 2 aliphatic rings. The fourth-order valence-corrected chi connectivity index (χ4v) is 3.74. The molecule has 4 nitrogen and oxygen atoms in total. The van der Waals surface area contributed by atoms with E-state index in [-0.39, 0.29) is 18.2 Å². The Morgan fingerprint density at radius 2 is 1.96 bits per heavy atom. The Morgan fingerprint density at radius 3 is 2.73 bits per heavy atom. The molecule has 0 spiro atoms. The molecule has 0 aromatic heterocycles. The van der Waals surface area contributed by atoms with Gasteiger partial charge in [-0.25, -0.2) is 0 Å². The first-order valence-corrected chi connectivity index (χ1v) is 9.24. The number of anilines is 1. The maximum absolute atomic E-state index is 13.2. The van der Waals surface area contributed by atoms with E-state index in [4.69, 9.17) is 4.74 Å². The number of rotatable bonds is 4. The van der Waals surface area contributed by atoms with Gasteiger partial charge in [-0.1, -0.05) is 48.5 Å². The van der Waals surface area contributed by atoms with Gasteiger partial charge in [-0.2, -0.15) is 0 Å². The van der Waals surface area contributed by atoms with Crippen molar-refractivity contribution in [3.8, 4) is 0 Å². The zero-order valence-corrected chi connectivity index (χ0v) is 15.0. The molecule has 1 N–H and O–H groups in total. The minimum Gasteiger partial charge on any atom is -0.376 e. The van der Waals surface area contributed by atoms with Crippen molar-refractivity contribution in [1.29, 1.82) is 0 Å². The molecular weight excluding hydrogens is 324 g/mol. The number of benzene rings is 2. The fourth-order valence-electron chi connectivity index (χ4n) is 3.74. The van der Waals surface area contributed by atoms with Gasteiger partial charge in [0, 0.05) is 18.8 Å². The first-order valence-electron chi connectivity index (χ1n) is 9.24. The highest BCUT2D eigenvalue weighted by Crippen LogP contribution is 2.30. The molecule has 1 fully saturated rings. The number of amides is 1. The van der Waals surface area contributed by atoms with Gasteiger partial charge in [-0.15, -0.1) is 0 Å². The number of fused-ring (bicyclic) bond motifs is 1.